The molecule has 0 aliphatic heterocycles. The van der Waals surface area contributed by atoms with Gasteiger partial charge in [-0.2, -0.15) is 5.10 Å². The normalized spacial score (nSPS) is 11.4. The van der Waals surface area contributed by atoms with Gasteiger partial charge in [0, 0.05) is 11.1 Å². The van der Waals surface area contributed by atoms with Crippen molar-refractivity contribution in [3.8, 4) is 22.4 Å². The molecule has 0 unspecified atom stereocenters. The van der Waals surface area contributed by atoms with Crippen LogP contribution >= 0.6 is 0 Å². The molecule has 0 fully saturated rings. The van der Waals surface area contributed by atoms with Gasteiger partial charge in [-0.15, -0.1) is 0 Å². The molecule has 0 atom stereocenters. The first-order valence-corrected chi connectivity index (χ1v) is 7.52. The number of hydrogen-bond acceptors (Lipinski definition) is 2. The number of H-pyrrole nitrogens is 1. The fourth-order valence-corrected chi connectivity index (χ4v) is 2.49. The van der Waals surface area contributed by atoms with Crippen LogP contribution in [0.2, 0.25) is 0 Å². The zero-order valence-electron chi connectivity index (χ0n) is 13.2. The van der Waals surface area contributed by atoms with Crippen LogP contribution in [0.15, 0.2) is 60.7 Å². The number of rotatable bonds is 3. The van der Waals surface area contributed by atoms with Gasteiger partial charge < -0.3 is 5.32 Å². The Bertz CT molecular complexity index is 737. The lowest BCUT2D eigenvalue weighted by atomic mass is 10.00. The van der Waals surface area contributed by atoms with Crippen molar-refractivity contribution < 1.29 is 0 Å². The number of nitrogens with zero attached hydrogens (tertiary/aromatic N) is 1. The van der Waals surface area contributed by atoms with Crippen molar-refractivity contribution in [3.05, 3.63) is 60.7 Å². The number of hydrogen-bond donors (Lipinski definition) is 2. The van der Waals surface area contributed by atoms with Gasteiger partial charge in [0.1, 0.15) is 0 Å². The molecule has 0 aliphatic rings. The Balaban J connectivity index is 2.16. The van der Waals surface area contributed by atoms with E-state index in [1.165, 1.54) is 0 Å². The number of benzene rings is 2. The maximum Gasteiger partial charge on any atom is 0.156 e. The third-order valence-corrected chi connectivity index (χ3v) is 3.38. The first-order chi connectivity index (χ1) is 10.5. The maximum atomic E-state index is 4.52. The summed E-state index contributed by atoms with van der Waals surface area (Å²) in [6.07, 6.45) is 0. The van der Waals surface area contributed by atoms with Crippen LogP contribution in [0.1, 0.15) is 20.8 Å². The molecular formula is C19H21N3. The van der Waals surface area contributed by atoms with E-state index in [0.717, 1.165) is 28.2 Å². The molecule has 2 aromatic carbocycles. The lowest BCUT2D eigenvalue weighted by Crippen LogP contribution is -2.26. The highest BCUT2D eigenvalue weighted by atomic mass is 15.2. The summed E-state index contributed by atoms with van der Waals surface area (Å²) in [5.41, 5.74) is 4.39. The Morgan fingerprint density at radius 1 is 0.818 bits per heavy atom. The summed E-state index contributed by atoms with van der Waals surface area (Å²) in [6, 6.07) is 20.7. The third kappa shape index (κ3) is 3.03. The van der Waals surface area contributed by atoms with Crippen LogP contribution in [-0.2, 0) is 0 Å². The average Bonchev–Trinajstić information content (AvgIpc) is 2.90. The van der Waals surface area contributed by atoms with Gasteiger partial charge >= 0.3 is 0 Å². The van der Waals surface area contributed by atoms with E-state index in [1.54, 1.807) is 0 Å². The van der Waals surface area contributed by atoms with Crippen LogP contribution in [-0.4, -0.2) is 15.7 Å². The first kappa shape index (κ1) is 14.4. The molecule has 3 heteroatoms. The Hall–Kier alpha value is -2.55. The zero-order valence-corrected chi connectivity index (χ0v) is 13.2. The smallest absolute Gasteiger partial charge is 0.156 e. The fraction of sp³-hybridized carbons (Fsp3) is 0.211. The van der Waals surface area contributed by atoms with Crippen molar-refractivity contribution in [1.29, 1.82) is 0 Å². The van der Waals surface area contributed by atoms with Gasteiger partial charge in [0.2, 0.25) is 0 Å². The SMILES string of the molecule is CC(C)(C)Nc1n[nH]c(-c2ccccc2)c1-c1ccccc1. The molecule has 0 bridgehead atoms. The van der Waals surface area contributed by atoms with Crippen molar-refractivity contribution >= 4 is 5.82 Å². The second-order valence-electron chi connectivity index (χ2n) is 6.43. The van der Waals surface area contributed by atoms with E-state index in [1.807, 2.05) is 24.3 Å². The van der Waals surface area contributed by atoms with Crippen LogP contribution < -0.4 is 5.32 Å². The molecule has 3 aromatic rings. The predicted molar refractivity (Wildman–Crippen MR) is 92.8 cm³/mol. The van der Waals surface area contributed by atoms with Crippen LogP contribution in [0.5, 0.6) is 0 Å². The molecule has 0 saturated heterocycles. The highest BCUT2D eigenvalue weighted by Crippen LogP contribution is 2.36. The second-order valence-corrected chi connectivity index (χ2v) is 6.43. The van der Waals surface area contributed by atoms with Crippen molar-refractivity contribution in [1.82, 2.24) is 10.2 Å². The quantitative estimate of drug-likeness (QED) is 0.716. The Kier molecular flexibility index (Phi) is 3.72. The summed E-state index contributed by atoms with van der Waals surface area (Å²) in [5, 5.41) is 11.2. The minimum Gasteiger partial charge on any atom is -0.363 e. The molecule has 2 N–H and O–H groups in total. The number of aromatic nitrogens is 2. The summed E-state index contributed by atoms with van der Waals surface area (Å²) < 4.78 is 0. The summed E-state index contributed by atoms with van der Waals surface area (Å²) in [6.45, 7) is 6.41. The molecular weight excluding hydrogens is 270 g/mol. The molecule has 0 saturated carbocycles. The van der Waals surface area contributed by atoms with Crippen LogP contribution in [0.25, 0.3) is 22.4 Å². The highest BCUT2D eigenvalue weighted by Gasteiger charge is 2.20. The van der Waals surface area contributed by atoms with E-state index >= 15 is 0 Å². The fourth-order valence-electron chi connectivity index (χ4n) is 2.49. The number of anilines is 1. The summed E-state index contributed by atoms with van der Waals surface area (Å²) >= 11 is 0. The van der Waals surface area contributed by atoms with E-state index in [9.17, 15) is 0 Å². The number of nitrogens with one attached hydrogen (secondary N) is 2. The van der Waals surface area contributed by atoms with E-state index in [2.05, 4.69) is 72.7 Å². The van der Waals surface area contributed by atoms with Gasteiger partial charge in [-0.1, -0.05) is 60.7 Å². The Morgan fingerprint density at radius 2 is 1.36 bits per heavy atom. The molecule has 0 amide bonds. The van der Waals surface area contributed by atoms with Gasteiger partial charge in [0.15, 0.2) is 5.82 Å². The Morgan fingerprint density at radius 3 is 1.91 bits per heavy atom. The molecule has 1 aromatic heterocycles. The van der Waals surface area contributed by atoms with Gasteiger partial charge in [-0.3, -0.25) is 5.10 Å². The monoisotopic (exact) mass is 291 g/mol. The predicted octanol–water partition coefficient (Wildman–Crippen LogP) is 4.95. The minimum atomic E-state index is -0.0489. The lowest BCUT2D eigenvalue weighted by molar-refractivity contribution is 0.630. The van der Waals surface area contributed by atoms with Gasteiger partial charge in [-0.25, -0.2) is 0 Å². The van der Waals surface area contributed by atoms with E-state index in [4.69, 9.17) is 0 Å². The highest BCUT2D eigenvalue weighted by molar-refractivity contribution is 5.88. The average molecular weight is 291 g/mol. The molecule has 3 rings (SSSR count). The van der Waals surface area contributed by atoms with Crippen molar-refractivity contribution in [2.75, 3.05) is 5.32 Å². The summed E-state index contributed by atoms with van der Waals surface area (Å²) in [5.74, 6) is 0.887. The molecule has 0 radical (unpaired) electrons. The Labute approximate surface area is 131 Å². The maximum absolute atomic E-state index is 4.52. The standard InChI is InChI=1S/C19H21N3/c1-19(2,3)20-18-16(14-10-6-4-7-11-14)17(21-22-18)15-12-8-5-9-13-15/h4-13H,1-3H3,(H2,20,21,22). The van der Waals surface area contributed by atoms with Gasteiger partial charge in [0.05, 0.1) is 11.3 Å². The van der Waals surface area contributed by atoms with Gasteiger partial charge in [0.25, 0.3) is 0 Å². The van der Waals surface area contributed by atoms with Crippen molar-refractivity contribution in [3.63, 3.8) is 0 Å². The molecule has 0 aliphatic carbocycles. The topological polar surface area (TPSA) is 40.7 Å². The van der Waals surface area contributed by atoms with Crippen LogP contribution in [0, 0.1) is 0 Å². The third-order valence-electron chi connectivity index (χ3n) is 3.38. The van der Waals surface area contributed by atoms with Crippen LogP contribution in [0.4, 0.5) is 5.82 Å². The largest absolute Gasteiger partial charge is 0.363 e. The second kappa shape index (κ2) is 5.68. The number of aromatic amines is 1. The molecule has 1 heterocycles. The van der Waals surface area contributed by atoms with E-state index < -0.39 is 0 Å². The molecule has 22 heavy (non-hydrogen) atoms. The summed E-state index contributed by atoms with van der Waals surface area (Å²) in [7, 11) is 0. The van der Waals surface area contributed by atoms with E-state index in [-0.39, 0.29) is 5.54 Å². The lowest BCUT2D eigenvalue weighted by Gasteiger charge is -2.21. The zero-order chi connectivity index (χ0) is 15.6. The summed E-state index contributed by atoms with van der Waals surface area (Å²) in [4.78, 5) is 0. The molecule has 0 spiro atoms. The molecule has 112 valence electrons. The van der Waals surface area contributed by atoms with E-state index in [0.29, 0.717) is 0 Å². The van der Waals surface area contributed by atoms with Crippen molar-refractivity contribution in [2.45, 2.75) is 26.3 Å². The van der Waals surface area contributed by atoms with Crippen LogP contribution in [0.3, 0.4) is 0 Å². The first-order valence-electron chi connectivity index (χ1n) is 7.52. The minimum absolute atomic E-state index is 0.0489. The van der Waals surface area contributed by atoms with Crippen molar-refractivity contribution in [2.24, 2.45) is 0 Å². The van der Waals surface area contributed by atoms with Gasteiger partial charge in [-0.05, 0) is 26.3 Å². The molecule has 3 nitrogen and oxygen atoms in total.